The quantitative estimate of drug-likeness (QED) is 0.322. The molecule has 2 heterocycles. The Morgan fingerprint density at radius 1 is 1.14 bits per heavy atom. The van der Waals surface area contributed by atoms with E-state index < -0.39 is 5.97 Å². The Bertz CT molecular complexity index is 1270. The third-order valence-electron chi connectivity index (χ3n) is 6.71. The van der Waals surface area contributed by atoms with Crippen LogP contribution in [0.2, 0.25) is 0 Å². The Labute approximate surface area is 224 Å². The fraction of sp³-hybridized carbons (Fsp3) is 0.387. The van der Waals surface area contributed by atoms with E-state index in [4.69, 9.17) is 9.47 Å². The predicted molar refractivity (Wildman–Crippen MR) is 150 cm³/mol. The van der Waals surface area contributed by atoms with E-state index in [1.54, 1.807) is 6.92 Å². The highest BCUT2D eigenvalue weighted by molar-refractivity contribution is 7.13. The zero-order chi connectivity index (χ0) is 26.4. The van der Waals surface area contributed by atoms with Gasteiger partial charge in [-0.2, -0.15) is 0 Å². The number of likely N-dealkylation sites (tertiary alicyclic amines) is 1. The number of thiophene rings is 1. The van der Waals surface area contributed by atoms with Crippen molar-refractivity contribution in [2.24, 2.45) is 0 Å². The second kappa shape index (κ2) is 12.3. The number of nitrogens with zero attached hydrogens (tertiary/aromatic N) is 1. The average molecular weight is 518 g/mol. The zero-order valence-corrected chi connectivity index (χ0v) is 22.9. The Kier molecular flexibility index (Phi) is 8.91. The number of aliphatic carboxylic acids is 1. The van der Waals surface area contributed by atoms with Crippen LogP contribution in [-0.2, 0) is 11.4 Å². The molecule has 0 bridgehead atoms. The van der Waals surface area contributed by atoms with Crippen LogP contribution in [0.3, 0.4) is 0 Å². The van der Waals surface area contributed by atoms with Crippen LogP contribution >= 0.6 is 11.3 Å². The highest BCUT2D eigenvalue weighted by Crippen LogP contribution is 2.34. The first-order chi connectivity index (χ1) is 17.8. The molecule has 1 atom stereocenters. The summed E-state index contributed by atoms with van der Waals surface area (Å²) in [6, 6.07) is 16.6. The van der Waals surface area contributed by atoms with Crippen molar-refractivity contribution in [1.29, 1.82) is 0 Å². The molecule has 194 valence electrons. The molecule has 0 aliphatic carbocycles. The van der Waals surface area contributed by atoms with Crippen molar-refractivity contribution >= 4 is 17.3 Å². The van der Waals surface area contributed by atoms with Gasteiger partial charge in [0.05, 0.1) is 12.3 Å². The molecule has 0 radical (unpaired) electrons. The number of carbonyl (C=O) groups is 1. The molecule has 6 heteroatoms. The summed E-state index contributed by atoms with van der Waals surface area (Å²) in [5.41, 5.74) is 5.86. The van der Waals surface area contributed by atoms with Crippen molar-refractivity contribution in [2.75, 3.05) is 20.1 Å². The fourth-order valence-electron chi connectivity index (χ4n) is 4.88. The highest BCUT2D eigenvalue weighted by Gasteiger charge is 2.19. The molecule has 1 aliphatic heterocycles. The lowest BCUT2D eigenvalue weighted by Gasteiger charge is -2.29. The SMILES string of the molecule is CC#CC(CC(=O)O)c1ccc(OCc2cccc(-c3c(C)cc(OC4CCN(C)CC4)cc3C)c2)s1. The van der Waals surface area contributed by atoms with Gasteiger partial charge in [0, 0.05) is 18.0 Å². The van der Waals surface area contributed by atoms with Gasteiger partial charge in [0.1, 0.15) is 18.5 Å². The maximum atomic E-state index is 11.2. The van der Waals surface area contributed by atoms with E-state index in [-0.39, 0.29) is 18.4 Å². The molecular weight excluding hydrogens is 482 g/mol. The summed E-state index contributed by atoms with van der Waals surface area (Å²) in [7, 11) is 2.16. The van der Waals surface area contributed by atoms with Crippen LogP contribution in [0.1, 0.15) is 53.7 Å². The van der Waals surface area contributed by atoms with Gasteiger partial charge in [0.15, 0.2) is 5.06 Å². The number of carboxylic acids is 1. The normalized spacial score (nSPS) is 15.0. The Morgan fingerprint density at radius 3 is 2.54 bits per heavy atom. The highest BCUT2D eigenvalue weighted by atomic mass is 32.1. The van der Waals surface area contributed by atoms with E-state index in [0.717, 1.165) is 52.7 Å². The largest absolute Gasteiger partial charge is 0.490 e. The molecule has 5 nitrogen and oxygen atoms in total. The molecule has 4 rings (SSSR count). The monoisotopic (exact) mass is 517 g/mol. The van der Waals surface area contributed by atoms with Crippen molar-refractivity contribution in [1.82, 2.24) is 4.90 Å². The minimum atomic E-state index is -0.854. The van der Waals surface area contributed by atoms with Crippen LogP contribution in [0.15, 0.2) is 48.5 Å². The second-order valence-electron chi connectivity index (χ2n) is 9.74. The minimum Gasteiger partial charge on any atom is -0.490 e. The summed E-state index contributed by atoms with van der Waals surface area (Å²) in [6.07, 6.45) is 2.41. The summed E-state index contributed by atoms with van der Waals surface area (Å²) in [5.74, 6) is 5.62. The molecule has 2 aromatic carbocycles. The lowest BCUT2D eigenvalue weighted by Crippen LogP contribution is -2.35. The Morgan fingerprint density at radius 2 is 1.86 bits per heavy atom. The summed E-state index contributed by atoms with van der Waals surface area (Å²) >= 11 is 1.46. The van der Waals surface area contributed by atoms with Crippen LogP contribution < -0.4 is 9.47 Å². The topological polar surface area (TPSA) is 59.0 Å². The van der Waals surface area contributed by atoms with Crippen LogP contribution in [-0.4, -0.2) is 42.2 Å². The van der Waals surface area contributed by atoms with Crippen LogP contribution in [0.25, 0.3) is 11.1 Å². The number of ether oxygens (including phenoxy) is 2. The van der Waals surface area contributed by atoms with Crippen LogP contribution in [0, 0.1) is 25.7 Å². The minimum absolute atomic E-state index is 0.0105. The molecule has 1 saturated heterocycles. The molecule has 0 amide bonds. The molecular formula is C31H35NO4S. The number of hydrogen-bond donors (Lipinski definition) is 1. The van der Waals surface area contributed by atoms with Gasteiger partial charge in [-0.1, -0.05) is 24.1 Å². The lowest BCUT2D eigenvalue weighted by atomic mass is 9.94. The second-order valence-corrected chi connectivity index (χ2v) is 10.8. The molecule has 0 spiro atoms. The van der Waals surface area contributed by atoms with Crippen LogP contribution in [0.4, 0.5) is 0 Å². The number of hydrogen-bond acceptors (Lipinski definition) is 5. The maximum absolute atomic E-state index is 11.2. The summed E-state index contributed by atoms with van der Waals surface area (Å²) in [6.45, 7) is 8.62. The van der Waals surface area contributed by atoms with Gasteiger partial charge < -0.3 is 19.5 Å². The van der Waals surface area contributed by atoms with E-state index in [1.165, 1.54) is 28.0 Å². The molecule has 37 heavy (non-hydrogen) atoms. The first-order valence-corrected chi connectivity index (χ1v) is 13.6. The zero-order valence-electron chi connectivity index (χ0n) is 22.0. The van der Waals surface area contributed by atoms with Crippen molar-refractivity contribution in [3.05, 3.63) is 70.1 Å². The molecule has 1 fully saturated rings. The molecule has 1 unspecified atom stereocenters. The van der Waals surface area contributed by atoms with E-state index in [0.29, 0.717) is 6.61 Å². The summed E-state index contributed by atoms with van der Waals surface area (Å²) in [4.78, 5) is 14.5. The third kappa shape index (κ3) is 7.15. The van der Waals surface area contributed by atoms with Gasteiger partial charge in [-0.15, -0.1) is 17.3 Å². The standard InChI is InChI=1S/C31H35NO4S/c1-5-7-24(19-29(33)34)28-10-11-30(37-28)35-20-23-8-6-9-25(18-23)31-21(2)16-27(17-22(31)3)36-26-12-14-32(4)15-13-26/h6,8-11,16-18,24,26H,12-15,19-20H2,1-4H3,(H,33,34). The number of piperidine rings is 1. The molecule has 0 saturated carbocycles. The Hall–Kier alpha value is -3.27. The smallest absolute Gasteiger partial charge is 0.304 e. The fourth-order valence-corrected chi connectivity index (χ4v) is 5.79. The van der Waals surface area contributed by atoms with Gasteiger partial charge in [-0.25, -0.2) is 0 Å². The number of rotatable bonds is 9. The Balaban J connectivity index is 1.44. The van der Waals surface area contributed by atoms with Crippen molar-refractivity contribution in [3.63, 3.8) is 0 Å². The molecule has 1 N–H and O–H groups in total. The summed E-state index contributed by atoms with van der Waals surface area (Å²) < 4.78 is 12.4. The van der Waals surface area contributed by atoms with Crippen molar-refractivity contribution < 1.29 is 19.4 Å². The van der Waals surface area contributed by atoms with Crippen molar-refractivity contribution in [3.8, 4) is 33.8 Å². The van der Waals surface area contributed by atoms with Gasteiger partial charge in [0.2, 0.25) is 0 Å². The molecule has 3 aromatic rings. The van der Waals surface area contributed by atoms with Gasteiger partial charge >= 0.3 is 5.97 Å². The number of aryl methyl sites for hydroxylation is 2. The summed E-state index contributed by atoms with van der Waals surface area (Å²) in [5, 5.41) is 9.94. The van der Waals surface area contributed by atoms with E-state index in [9.17, 15) is 9.90 Å². The first kappa shape index (κ1) is 26.8. The van der Waals surface area contributed by atoms with Gasteiger partial charge in [-0.3, -0.25) is 4.79 Å². The average Bonchev–Trinajstić information content (AvgIpc) is 3.33. The first-order valence-electron chi connectivity index (χ1n) is 12.7. The van der Waals surface area contributed by atoms with Gasteiger partial charge in [0.25, 0.3) is 0 Å². The third-order valence-corrected chi connectivity index (χ3v) is 7.83. The number of benzene rings is 2. The van der Waals surface area contributed by atoms with Crippen molar-refractivity contribution in [2.45, 2.75) is 58.7 Å². The molecule has 1 aromatic heterocycles. The maximum Gasteiger partial charge on any atom is 0.304 e. The van der Waals surface area contributed by atoms with Gasteiger partial charge in [-0.05, 0) is 98.8 Å². The lowest BCUT2D eigenvalue weighted by molar-refractivity contribution is -0.137. The number of carboxylic acid groups (broad SMARTS) is 1. The molecule has 1 aliphatic rings. The van der Waals surface area contributed by atoms with E-state index >= 15 is 0 Å². The van der Waals surface area contributed by atoms with Crippen LogP contribution in [0.5, 0.6) is 10.8 Å². The predicted octanol–water partition coefficient (Wildman–Crippen LogP) is 6.67. The van der Waals surface area contributed by atoms with E-state index in [1.807, 2.05) is 12.1 Å². The van der Waals surface area contributed by atoms with E-state index in [2.05, 4.69) is 74.0 Å².